The minimum absolute atomic E-state index is 0.169. The maximum absolute atomic E-state index is 11.7. The highest BCUT2D eigenvalue weighted by molar-refractivity contribution is 8.00. The summed E-state index contributed by atoms with van der Waals surface area (Å²) >= 11 is 1.77. The highest BCUT2D eigenvalue weighted by atomic mass is 32.2. The first kappa shape index (κ1) is 15.4. The van der Waals surface area contributed by atoms with Gasteiger partial charge in [0.25, 0.3) is 0 Å². The number of amides is 1. The maximum atomic E-state index is 11.7. The van der Waals surface area contributed by atoms with Gasteiger partial charge in [-0.05, 0) is 30.9 Å². The predicted octanol–water partition coefficient (Wildman–Crippen LogP) is 4.05. The molecule has 0 aromatic carbocycles. The molecule has 20 heavy (non-hydrogen) atoms. The van der Waals surface area contributed by atoms with Gasteiger partial charge in [0.1, 0.15) is 0 Å². The molecule has 0 N–H and O–H groups in total. The Kier molecular flexibility index (Phi) is 4.74. The third-order valence-electron chi connectivity index (χ3n) is 3.46. The first-order valence-corrected chi connectivity index (χ1v) is 8.10. The lowest BCUT2D eigenvalue weighted by atomic mass is 9.96. The van der Waals surface area contributed by atoms with E-state index < -0.39 is 0 Å². The smallest absolute Gasteiger partial charge is 0.219 e. The van der Waals surface area contributed by atoms with Crippen molar-refractivity contribution in [3.8, 4) is 0 Å². The third kappa shape index (κ3) is 3.98. The van der Waals surface area contributed by atoms with E-state index >= 15 is 0 Å². The molecule has 0 saturated carbocycles. The fraction of sp³-hybridized carbons (Fsp3) is 0.625. The molecule has 110 valence electrons. The summed E-state index contributed by atoms with van der Waals surface area (Å²) in [7, 11) is 0. The van der Waals surface area contributed by atoms with Crippen molar-refractivity contribution in [2.75, 3.05) is 6.54 Å². The molecule has 4 heteroatoms. The van der Waals surface area contributed by atoms with E-state index in [1.54, 1.807) is 18.7 Å². The van der Waals surface area contributed by atoms with Gasteiger partial charge in [0, 0.05) is 24.4 Å². The topological polar surface area (TPSA) is 33.2 Å². The van der Waals surface area contributed by atoms with Gasteiger partial charge in [-0.2, -0.15) is 0 Å². The van der Waals surface area contributed by atoms with Crippen LogP contribution in [0.5, 0.6) is 0 Å². The van der Waals surface area contributed by atoms with Crippen LogP contribution < -0.4 is 0 Å². The Bertz CT molecular complexity index is 464. The molecule has 1 unspecified atom stereocenters. The lowest BCUT2D eigenvalue weighted by Gasteiger charge is -2.35. The van der Waals surface area contributed by atoms with Gasteiger partial charge in [-0.15, -0.1) is 11.8 Å². The standard InChI is InChI=1S/C16H24N2OS/c1-12(19)18-10-6-5-7-14(18)13-8-9-15(17-11-13)20-16(2,3)4/h8-9,11,14H,5-7,10H2,1-4H3. The minimum atomic E-state index is 0.169. The summed E-state index contributed by atoms with van der Waals surface area (Å²) in [5.41, 5.74) is 1.16. The molecule has 1 amide bonds. The average molecular weight is 292 g/mol. The van der Waals surface area contributed by atoms with Gasteiger partial charge in [-0.1, -0.05) is 26.8 Å². The SMILES string of the molecule is CC(=O)N1CCCCC1c1ccc(SC(C)(C)C)nc1. The van der Waals surface area contributed by atoms with Crippen molar-refractivity contribution in [3.63, 3.8) is 0 Å². The minimum Gasteiger partial charge on any atom is -0.336 e. The monoisotopic (exact) mass is 292 g/mol. The van der Waals surface area contributed by atoms with Crippen molar-refractivity contribution in [2.24, 2.45) is 0 Å². The van der Waals surface area contributed by atoms with Gasteiger partial charge >= 0.3 is 0 Å². The largest absolute Gasteiger partial charge is 0.336 e. The van der Waals surface area contributed by atoms with Gasteiger partial charge in [-0.3, -0.25) is 4.79 Å². The van der Waals surface area contributed by atoms with Gasteiger partial charge in [0.2, 0.25) is 5.91 Å². The molecule has 2 heterocycles. The molecular weight excluding hydrogens is 268 g/mol. The first-order chi connectivity index (χ1) is 9.37. The molecule has 2 rings (SSSR count). The highest BCUT2D eigenvalue weighted by Gasteiger charge is 2.26. The van der Waals surface area contributed by atoms with E-state index in [9.17, 15) is 4.79 Å². The molecule has 0 spiro atoms. The second kappa shape index (κ2) is 6.17. The number of hydrogen-bond donors (Lipinski definition) is 0. The Labute approximate surface area is 126 Å². The van der Waals surface area contributed by atoms with Crippen molar-refractivity contribution in [3.05, 3.63) is 23.9 Å². The van der Waals surface area contributed by atoms with Crippen LogP contribution in [0.25, 0.3) is 0 Å². The van der Waals surface area contributed by atoms with E-state index in [-0.39, 0.29) is 16.7 Å². The van der Waals surface area contributed by atoms with Crippen LogP contribution in [0.4, 0.5) is 0 Å². The van der Waals surface area contributed by atoms with Gasteiger partial charge in [0.15, 0.2) is 0 Å². The second-order valence-electron chi connectivity index (χ2n) is 6.37. The van der Waals surface area contributed by atoms with Gasteiger partial charge in [-0.25, -0.2) is 4.98 Å². The zero-order valence-electron chi connectivity index (χ0n) is 12.8. The first-order valence-electron chi connectivity index (χ1n) is 7.29. The van der Waals surface area contributed by atoms with Gasteiger partial charge in [0.05, 0.1) is 11.1 Å². The molecule has 1 fully saturated rings. The maximum Gasteiger partial charge on any atom is 0.219 e. The van der Waals surface area contributed by atoms with Crippen molar-refractivity contribution in [2.45, 2.75) is 62.8 Å². The average Bonchev–Trinajstić information content (AvgIpc) is 2.38. The van der Waals surface area contributed by atoms with Gasteiger partial charge < -0.3 is 4.90 Å². The van der Waals surface area contributed by atoms with Crippen LogP contribution in [0, 0.1) is 0 Å². The molecule has 1 aromatic rings. The number of aromatic nitrogens is 1. The number of pyridine rings is 1. The van der Waals surface area contributed by atoms with Crippen molar-refractivity contribution in [1.29, 1.82) is 0 Å². The number of thioether (sulfide) groups is 1. The number of piperidine rings is 1. The molecule has 0 aliphatic carbocycles. The van der Waals surface area contributed by atoms with Crippen LogP contribution in [0.15, 0.2) is 23.4 Å². The Balaban J connectivity index is 2.14. The summed E-state index contributed by atoms with van der Waals surface area (Å²) < 4.78 is 0.171. The molecular formula is C16H24N2OS. The number of nitrogens with zero attached hydrogens (tertiary/aromatic N) is 2. The lowest BCUT2D eigenvalue weighted by Crippen LogP contribution is -2.36. The molecule has 1 aliphatic heterocycles. The van der Waals surface area contributed by atoms with Crippen LogP contribution in [0.3, 0.4) is 0 Å². The van der Waals surface area contributed by atoms with E-state index in [0.717, 1.165) is 30.0 Å². The van der Waals surface area contributed by atoms with E-state index in [4.69, 9.17) is 0 Å². The zero-order chi connectivity index (χ0) is 14.8. The Morgan fingerprint density at radius 3 is 2.65 bits per heavy atom. The summed E-state index contributed by atoms with van der Waals surface area (Å²) in [5.74, 6) is 0.169. The summed E-state index contributed by atoms with van der Waals surface area (Å²) in [5, 5.41) is 1.05. The lowest BCUT2D eigenvalue weighted by molar-refractivity contribution is -0.132. The van der Waals surface area contributed by atoms with Crippen LogP contribution in [0.1, 0.15) is 58.6 Å². The van der Waals surface area contributed by atoms with Crippen molar-refractivity contribution >= 4 is 17.7 Å². The van der Waals surface area contributed by atoms with Crippen molar-refractivity contribution < 1.29 is 4.79 Å². The molecule has 3 nitrogen and oxygen atoms in total. The van der Waals surface area contributed by atoms with Crippen LogP contribution >= 0.6 is 11.8 Å². The normalized spacial score (nSPS) is 20.0. The fourth-order valence-corrected chi connectivity index (χ4v) is 3.49. The van der Waals surface area contributed by atoms with E-state index in [0.29, 0.717) is 0 Å². The number of carbonyl (C=O) groups excluding carboxylic acids is 1. The summed E-state index contributed by atoms with van der Waals surface area (Å²) in [6, 6.07) is 4.42. The predicted molar refractivity (Wildman–Crippen MR) is 83.8 cm³/mol. The third-order valence-corrected chi connectivity index (χ3v) is 4.53. The summed E-state index contributed by atoms with van der Waals surface area (Å²) in [6.07, 6.45) is 5.29. The number of carbonyl (C=O) groups is 1. The molecule has 0 radical (unpaired) electrons. The number of likely N-dealkylation sites (tertiary alicyclic amines) is 1. The molecule has 1 saturated heterocycles. The molecule has 0 bridgehead atoms. The van der Waals surface area contributed by atoms with Crippen molar-refractivity contribution in [1.82, 2.24) is 9.88 Å². The van der Waals surface area contributed by atoms with Crippen LogP contribution in [-0.2, 0) is 4.79 Å². The zero-order valence-corrected chi connectivity index (χ0v) is 13.7. The van der Waals surface area contributed by atoms with Crippen LogP contribution in [-0.4, -0.2) is 27.1 Å². The molecule has 1 aromatic heterocycles. The Morgan fingerprint density at radius 2 is 2.10 bits per heavy atom. The Hall–Kier alpha value is -1.03. The number of hydrogen-bond acceptors (Lipinski definition) is 3. The fourth-order valence-electron chi connectivity index (χ4n) is 2.62. The summed E-state index contributed by atoms with van der Waals surface area (Å²) in [4.78, 5) is 18.3. The molecule has 1 atom stereocenters. The number of rotatable bonds is 2. The second-order valence-corrected chi connectivity index (χ2v) is 8.22. The van der Waals surface area contributed by atoms with E-state index in [1.165, 1.54) is 6.42 Å². The van der Waals surface area contributed by atoms with E-state index in [1.807, 2.05) is 11.1 Å². The molecule has 1 aliphatic rings. The summed E-state index contributed by atoms with van der Waals surface area (Å²) in [6.45, 7) is 9.09. The van der Waals surface area contributed by atoms with E-state index in [2.05, 4.69) is 37.9 Å². The Morgan fingerprint density at radius 1 is 1.35 bits per heavy atom. The van der Waals surface area contributed by atoms with Crippen LogP contribution in [0.2, 0.25) is 0 Å². The highest BCUT2D eigenvalue weighted by Crippen LogP contribution is 2.33. The quantitative estimate of drug-likeness (QED) is 0.771.